The van der Waals surface area contributed by atoms with Crippen molar-refractivity contribution in [3.8, 4) is 0 Å². The van der Waals surface area contributed by atoms with Crippen LogP contribution in [0.1, 0.15) is 45.7 Å². The van der Waals surface area contributed by atoms with E-state index in [1.807, 2.05) is 13.8 Å². The first-order valence-electron chi connectivity index (χ1n) is 5.36. The van der Waals surface area contributed by atoms with E-state index in [0.29, 0.717) is 5.75 Å². The van der Waals surface area contributed by atoms with Gasteiger partial charge in [0.1, 0.15) is 0 Å². The molecular weight excluding hydrogens is 240 g/mol. The quantitative estimate of drug-likeness (QED) is 0.707. The average molecular weight is 264 g/mol. The van der Waals surface area contributed by atoms with Gasteiger partial charge in [0.05, 0.1) is 19.1 Å². The van der Waals surface area contributed by atoms with Crippen molar-refractivity contribution in [2.45, 2.75) is 51.7 Å². The minimum atomic E-state index is 0.0341. The largest absolute Gasteiger partial charge is 0.472 e. The van der Waals surface area contributed by atoms with Crippen LogP contribution >= 0.6 is 25.3 Å². The van der Waals surface area contributed by atoms with Crippen LogP contribution < -0.4 is 0 Å². The summed E-state index contributed by atoms with van der Waals surface area (Å²) in [5, 5.41) is 8.64. The molecule has 0 fully saturated rings. The van der Waals surface area contributed by atoms with Crippen molar-refractivity contribution in [2.75, 3.05) is 0 Å². The summed E-state index contributed by atoms with van der Waals surface area (Å²) < 4.78 is 5.01. The summed E-state index contributed by atoms with van der Waals surface area (Å²) >= 11 is 8.15. The Kier molecular flexibility index (Phi) is 11.6. The van der Waals surface area contributed by atoms with E-state index in [2.05, 4.69) is 46.0 Å². The Morgan fingerprint density at radius 2 is 1.56 bits per heavy atom. The molecule has 0 saturated heterocycles. The summed E-state index contributed by atoms with van der Waals surface area (Å²) in [6.45, 7) is 10.2. The number of aliphatic hydroxyl groups excluding tert-OH is 1. The second-order valence-corrected chi connectivity index (χ2v) is 5.57. The van der Waals surface area contributed by atoms with Crippen LogP contribution in [-0.4, -0.2) is 9.85 Å². The van der Waals surface area contributed by atoms with Gasteiger partial charge in [-0.1, -0.05) is 34.6 Å². The second-order valence-electron chi connectivity index (χ2n) is 3.91. The van der Waals surface area contributed by atoms with E-state index in [4.69, 9.17) is 9.52 Å². The van der Waals surface area contributed by atoms with Gasteiger partial charge >= 0.3 is 0 Å². The standard InChI is InChI=1S/C6H8O2S.C4H10S.C2H6/c7-1-5-2-8-3-6(5)4-9;1-4(2,3)5;1-2/h2-3,7,9H,1,4H2;5H,1-3H3;1-2H3. The van der Waals surface area contributed by atoms with Crippen LogP contribution in [0.3, 0.4) is 0 Å². The number of rotatable bonds is 2. The van der Waals surface area contributed by atoms with Crippen molar-refractivity contribution >= 4 is 25.3 Å². The van der Waals surface area contributed by atoms with Gasteiger partial charge in [-0.3, -0.25) is 0 Å². The Bertz CT molecular complexity index is 227. The molecule has 1 aromatic rings. The second kappa shape index (κ2) is 10.1. The molecule has 4 heteroatoms. The lowest BCUT2D eigenvalue weighted by atomic mass is 10.2. The van der Waals surface area contributed by atoms with Gasteiger partial charge in [-0.2, -0.15) is 25.3 Å². The molecule has 1 N–H and O–H groups in total. The molecule has 1 rings (SSSR count). The van der Waals surface area contributed by atoms with Gasteiger partial charge in [0, 0.05) is 21.6 Å². The van der Waals surface area contributed by atoms with Crippen molar-refractivity contribution in [2.24, 2.45) is 0 Å². The third kappa shape index (κ3) is 12.0. The molecule has 0 aliphatic carbocycles. The Morgan fingerprint density at radius 3 is 1.81 bits per heavy atom. The maximum atomic E-state index is 8.64. The van der Waals surface area contributed by atoms with E-state index in [1.54, 1.807) is 6.26 Å². The summed E-state index contributed by atoms with van der Waals surface area (Å²) in [6.07, 6.45) is 3.13. The van der Waals surface area contributed by atoms with Gasteiger partial charge in [0.25, 0.3) is 0 Å². The van der Waals surface area contributed by atoms with Gasteiger partial charge in [0.15, 0.2) is 0 Å². The molecule has 1 aromatic heterocycles. The van der Waals surface area contributed by atoms with E-state index < -0.39 is 0 Å². The highest BCUT2D eigenvalue weighted by Gasteiger charge is 1.99. The van der Waals surface area contributed by atoms with E-state index in [1.165, 1.54) is 6.26 Å². The Hall–Kier alpha value is -0.0600. The smallest absolute Gasteiger partial charge is 0.0960 e. The first-order chi connectivity index (χ1) is 7.38. The third-order valence-electron chi connectivity index (χ3n) is 1.17. The lowest BCUT2D eigenvalue weighted by Gasteiger charge is -2.04. The third-order valence-corrected chi connectivity index (χ3v) is 1.51. The Labute approximate surface area is 110 Å². The van der Waals surface area contributed by atoms with Crippen molar-refractivity contribution in [1.82, 2.24) is 0 Å². The maximum absolute atomic E-state index is 8.64. The lowest BCUT2D eigenvalue weighted by Crippen LogP contribution is -1.99. The molecule has 0 aliphatic heterocycles. The fourth-order valence-electron chi connectivity index (χ4n) is 0.627. The summed E-state index contributed by atoms with van der Waals surface area (Å²) in [5.41, 5.74) is 1.78. The zero-order chi connectivity index (χ0) is 13.2. The number of thiol groups is 2. The highest BCUT2D eigenvalue weighted by atomic mass is 32.1. The molecule has 1 heterocycles. The van der Waals surface area contributed by atoms with Crippen LogP contribution in [0, 0.1) is 0 Å². The van der Waals surface area contributed by atoms with Gasteiger partial charge in [0.2, 0.25) is 0 Å². The molecule has 16 heavy (non-hydrogen) atoms. The predicted molar refractivity (Wildman–Crippen MR) is 77.4 cm³/mol. The monoisotopic (exact) mass is 264 g/mol. The highest BCUT2D eigenvalue weighted by Crippen LogP contribution is 2.11. The van der Waals surface area contributed by atoms with Crippen molar-refractivity contribution in [3.63, 3.8) is 0 Å². The van der Waals surface area contributed by atoms with Crippen LogP contribution in [0.5, 0.6) is 0 Å². The van der Waals surface area contributed by atoms with Crippen LogP contribution in [-0.2, 0) is 12.4 Å². The van der Waals surface area contributed by atoms with Gasteiger partial charge in [-0.05, 0) is 0 Å². The fraction of sp³-hybridized carbons (Fsp3) is 0.667. The molecule has 0 unspecified atom stereocenters. The molecule has 0 spiro atoms. The van der Waals surface area contributed by atoms with Crippen LogP contribution in [0.4, 0.5) is 0 Å². The highest BCUT2D eigenvalue weighted by molar-refractivity contribution is 7.81. The van der Waals surface area contributed by atoms with Gasteiger partial charge in [-0.25, -0.2) is 0 Å². The van der Waals surface area contributed by atoms with Crippen molar-refractivity contribution in [1.29, 1.82) is 0 Å². The summed E-state index contributed by atoms with van der Waals surface area (Å²) in [7, 11) is 0. The molecule has 2 nitrogen and oxygen atoms in total. The number of aliphatic hydroxyl groups is 1. The fourth-order valence-corrected chi connectivity index (χ4v) is 0.905. The molecule has 0 aromatic carbocycles. The van der Waals surface area contributed by atoms with Crippen LogP contribution in [0.25, 0.3) is 0 Å². The van der Waals surface area contributed by atoms with Crippen molar-refractivity contribution < 1.29 is 9.52 Å². The molecular formula is C12H24O2S2. The zero-order valence-corrected chi connectivity index (χ0v) is 12.6. The minimum Gasteiger partial charge on any atom is -0.472 e. The first kappa shape index (κ1) is 18.3. The summed E-state index contributed by atoms with van der Waals surface area (Å²) in [5.74, 6) is 0.617. The molecule has 0 aliphatic rings. The van der Waals surface area contributed by atoms with Crippen molar-refractivity contribution in [3.05, 3.63) is 23.7 Å². The number of hydrogen-bond acceptors (Lipinski definition) is 4. The van der Waals surface area contributed by atoms with Gasteiger partial charge < -0.3 is 9.52 Å². The van der Waals surface area contributed by atoms with Crippen LogP contribution in [0.2, 0.25) is 0 Å². The number of furan rings is 1. The maximum Gasteiger partial charge on any atom is 0.0960 e. The summed E-state index contributed by atoms with van der Waals surface area (Å²) in [4.78, 5) is 0. The molecule has 96 valence electrons. The predicted octanol–water partition coefficient (Wildman–Crippen LogP) is 3.94. The van der Waals surface area contributed by atoms with E-state index in [0.717, 1.165) is 11.1 Å². The molecule has 0 atom stereocenters. The van der Waals surface area contributed by atoms with E-state index in [-0.39, 0.29) is 11.4 Å². The lowest BCUT2D eigenvalue weighted by molar-refractivity contribution is 0.280. The zero-order valence-electron chi connectivity index (χ0n) is 10.8. The SMILES string of the molecule is CC.CC(C)(C)S.OCc1cocc1CS. The van der Waals surface area contributed by atoms with Gasteiger partial charge in [-0.15, -0.1) is 0 Å². The molecule has 0 radical (unpaired) electrons. The first-order valence-corrected chi connectivity index (χ1v) is 6.44. The Balaban J connectivity index is 0. The molecule has 0 amide bonds. The Morgan fingerprint density at radius 1 is 1.19 bits per heavy atom. The van der Waals surface area contributed by atoms with E-state index in [9.17, 15) is 0 Å². The molecule has 0 bridgehead atoms. The minimum absolute atomic E-state index is 0.0341. The van der Waals surface area contributed by atoms with E-state index >= 15 is 0 Å². The number of hydrogen-bond donors (Lipinski definition) is 3. The van der Waals surface area contributed by atoms with Crippen LogP contribution in [0.15, 0.2) is 16.9 Å². The molecule has 0 saturated carbocycles. The normalized spacial score (nSPS) is 9.75. The average Bonchev–Trinajstić information content (AvgIpc) is 2.65. The topological polar surface area (TPSA) is 33.4 Å². The summed E-state index contributed by atoms with van der Waals surface area (Å²) in [6, 6.07) is 0.